The predicted octanol–water partition coefficient (Wildman–Crippen LogP) is 1.11. The molecule has 0 aliphatic heterocycles. The third-order valence-corrected chi connectivity index (χ3v) is 3.63. The molecule has 154 valence electrons. The van der Waals surface area contributed by atoms with Crippen LogP contribution in [0.1, 0.15) is 32.4 Å². The van der Waals surface area contributed by atoms with Crippen LogP contribution in [0.2, 0.25) is 0 Å². The highest BCUT2D eigenvalue weighted by Crippen LogP contribution is 2.10. The molecule has 3 aromatic rings. The normalized spacial score (nSPS) is 10.4. The van der Waals surface area contributed by atoms with Crippen LogP contribution in [0.15, 0.2) is 61.4 Å². The minimum atomic E-state index is -0.837. The number of hydrogen-bond acceptors (Lipinski definition) is 11. The lowest BCUT2D eigenvalue weighted by Gasteiger charge is -2.06. The van der Waals surface area contributed by atoms with Crippen molar-refractivity contribution in [2.45, 2.75) is 13.2 Å². The van der Waals surface area contributed by atoms with Crippen LogP contribution in [0.25, 0.3) is 0 Å². The number of carbonyl (C=O) groups is 2. The van der Waals surface area contributed by atoms with Crippen LogP contribution in [-0.4, -0.2) is 27.1 Å². The van der Waals surface area contributed by atoms with E-state index in [1.165, 1.54) is 12.1 Å². The van der Waals surface area contributed by atoms with Gasteiger partial charge in [0.05, 0.1) is 5.56 Å². The van der Waals surface area contributed by atoms with Gasteiger partial charge in [-0.25, -0.2) is 14.6 Å². The summed E-state index contributed by atoms with van der Waals surface area (Å²) in [5, 5.41) is 18.2. The van der Waals surface area contributed by atoms with Crippen LogP contribution in [0.4, 0.5) is 0 Å². The van der Waals surface area contributed by atoms with Crippen molar-refractivity contribution in [2.75, 3.05) is 0 Å². The molecule has 30 heavy (non-hydrogen) atoms. The predicted molar refractivity (Wildman–Crippen MR) is 95.8 cm³/mol. The molecule has 0 atom stereocenters. The highest BCUT2D eigenvalue weighted by Gasteiger charge is 2.14. The second-order valence-electron chi connectivity index (χ2n) is 5.78. The molecule has 0 spiro atoms. The lowest BCUT2D eigenvalue weighted by Crippen LogP contribution is -2.11. The van der Waals surface area contributed by atoms with Gasteiger partial charge in [0.2, 0.25) is 10.9 Å². The summed E-state index contributed by atoms with van der Waals surface area (Å²) in [4.78, 5) is 50.4. The lowest BCUT2D eigenvalue weighted by molar-refractivity contribution is 0.0423. The molecule has 0 bridgehead atoms. The Kier molecular flexibility index (Phi) is 5.92. The van der Waals surface area contributed by atoms with Gasteiger partial charge in [0.25, 0.3) is 0 Å². The molecule has 0 aliphatic rings. The Morgan fingerprint density at radius 1 is 0.867 bits per heavy atom. The zero-order valence-electron chi connectivity index (χ0n) is 15.1. The molecule has 3 heterocycles. The molecule has 3 rings (SSSR count). The summed E-state index contributed by atoms with van der Waals surface area (Å²) in [5.41, 5.74) is -1.45. The molecule has 0 saturated carbocycles. The zero-order valence-corrected chi connectivity index (χ0v) is 15.1. The van der Waals surface area contributed by atoms with E-state index in [0.717, 1.165) is 30.9 Å². The summed E-state index contributed by atoms with van der Waals surface area (Å²) in [7, 11) is 0. The van der Waals surface area contributed by atoms with Gasteiger partial charge in [-0.1, -0.05) is 0 Å². The first kappa shape index (κ1) is 20.3. The molecule has 0 amide bonds. The zero-order chi connectivity index (χ0) is 21.7. The molecular formula is C19H13NO10. The van der Waals surface area contributed by atoms with Crippen LogP contribution >= 0.6 is 0 Å². The Hall–Kier alpha value is -4.41. The molecule has 2 N–H and O–H groups in total. The minimum Gasteiger partial charge on any atom is -0.502 e. The number of hydrogen-bond donors (Lipinski definition) is 2. The van der Waals surface area contributed by atoms with E-state index in [0.29, 0.717) is 0 Å². The standard InChI is InChI=1S/C19H13NO10/c21-14-3-11(27-8-16(14)23)6-29-18(25)10-1-2-13(20-5-10)19(26)30-7-12-4-15(22)17(24)9-28-12/h1-5,8-9,23-24H,6-7H2. The van der Waals surface area contributed by atoms with Gasteiger partial charge in [-0.3, -0.25) is 9.59 Å². The van der Waals surface area contributed by atoms with E-state index in [1.807, 2.05) is 0 Å². The average molecular weight is 415 g/mol. The summed E-state index contributed by atoms with van der Waals surface area (Å²) >= 11 is 0. The molecule has 0 aliphatic carbocycles. The van der Waals surface area contributed by atoms with Gasteiger partial charge in [-0.05, 0) is 12.1 Å². The Morgan fingerprint density at radius 2 is 1.40 bits per heavy atom. The Balaban J connectivity index is 1.56. The molecule has 0 fully saturated rings. The number of aromatic nitrogens is 1. The number of nitrogens with zero attached hydrogens (tertiary/aromatic N) is 1. The summed E-state index contributed by atoms with van der Waals surface area (Å²) < 4.78 is 19.7. The quantitative estimate of drug-likeness (QED) is 0.554. The number of aromatic hydroxyl groups is 2. The van der Waals surface area contributed by atoms with E-state index >= 15 is 0 Å². The second-order valence-corrected chi connectivity index (χ2v) is 5.78. The van der Waals surface area contributed by atoms with Crippen molar-refractivity contribution in [3.8, 4) is 11.5 Å². The molecule has 11 nitrogen and oxygen atoms in total. The summed E-state index contributed by atoms with van der Waals surface area (Å²) in [6.45, 7) is -0.715. The molecule has 3 aromatic heterocycles. The molecule has 0 radical (unpaired) electrons. The first-order valence-corrected chi connectivity index (χ1v) is 8.25. The van der Waals surface area contributed by atoms with E-state index in [9.17, 15) is 19.2 Å². The molecule has 0 saturated heterocycles. The number of pyridine rings is 1. The Bertz CT molecular complexity index is 1100. The van der Waals surface area contributed by atoms with Crippen LogP contribution in [0.3, 0.4) is 0 Å². The highest BCUT2D eigenvalue weighted by atomic mass is 16.5. The van der Waals surface area contributed by atoms with E-state index in [4.69, 9.17) is 28.5 Å². The van der Waals surface area contributed by atoms with Crippen LogP contribution in [0, 0.1) is 0 Å². The molecule has 0 aromatic carbocycles. The van der Waals surface area contributed by atoms with E-state index < -0.39 is 34.3 Å². The Morgan fingerprint density at radius 3 is 1.87 bits per heavy atom. The van der Waals surface area contributed by atoms with Crippen molar-refractivity contribution >= 4 is 11.9 Å². The van der Waals surface area contributed by atoms with Crippen molar-refractivity contribution in [3.05, 3.63) is 86.2 Å². The van der Waals surface area contributed by atoms with E-state index in [1.54, 1.807) is 0 Å². The van der Waals surface area contributed by atoms with Crippen LogP contribution in [-0.2, 0) is 22.7 Å². The third-order valence-electron chi connectivity index (χ3n) is 3.63. The Labute approximate surface area is 166 Å². The van der Waals surface area contributed by atoms with Gasteiger partial charge in [-0.2, -0.15) is 0 Å². The summed E-state index contributed by atoms with van der Waals surface area (Å²) in [6, 6.07) is 4.47. The van der Waals surface area contributed by atoms with Gasteiger partial charge in [0.1, 0.15) is 43.0 Å². The second kappa shape index (κ2) is 8.73. The van der Waals surface area contributed by atoms with Crippen LogP contribution in [0.5, 0.6) is 11.5 Å². The molecular weight excluding hydrogens is 402 g/mol. The third kappa shape index (κ3) is 4.90. The van der Waals surface area contributed by atoms with Crippen LogP contribution < -0.4 is 10.9 Å². The number of ether oxygens (including phenoxy) is 2. The van der Waals surface area contributed by atoms with E-state index in [-0.39, 0.29) is 36.0 Å². The van der Waals surface area contributed by atoms with Crippen molar-refractivity contribution in [3.63, 3.8) is 0 Å². The molecule has 11 heteroatoms. The van der Waals surface area contributed by atoms with Gasteiger partial charge in [0, 0.05) is 18.3 Å². The van der Waals surface area contributed by atoms with Gasteiger partial charge in [-0.15, -0.1) is 0 Å². The number of esters is 2. The van der Waals surface area contributed by atoms with E-state index in [2.05, 4.69) is 4.98 Å². The topological polar surface area (TPSA) is 166 Å². The summed E-state index contributed by atoms with van der Waals surface area (Å²) in [6.07, 6.45) is 2.75. The number of carbonyl (C=O) groups excluding carboxylic acids is 2. The fourth-order valence-electron chi connectivity index (χ4n) is 2.10. The number of rotatable bonds is 6. The monoisotopic (exact) mass is 415 g/mol. The first-order valence-electron chi connectivity index (χ1n) is 8.25. The molecule has 0 unspecified atom stereocenters. The van der Waals surface area contributed by atoms with Gasteiger partial charge >= 0.3 is 11.9 Å². The highest BCUT2D eigenvalue weighted by molar-refractivity contribution is 5.91. The van der Waals surface area contributed by atoms with Crippen molar-refractivity contribution in [1.29, 1.82) is 0 Å². The van der Waals surface area contributed by atoms with Gasteiger partial charge < -0.3 is 28.5 Å². The summed E-state index contributed by atoms with van der Waals surface area (Å²) in [5.74, 6) is -2.71. The van der Waals surface area contributed by atoms with Crippen molar-refractivity contribution in [2.24, 2.45) is 0 Å². The average Bonchev–Trinajstić information content (AvgIpc) is 2.75. The fourth-order valence-corrected chi connectivity index (χ4v) is 2.10. The van der Waals surface area contributed by atoms with Crippen molar-refractivity contribution in [1.82, 2.24) is 4.98 Å². The minimum absolute atomic E-state index is 0.0206. The van der Waals surface area contributed by atoms with Crippen molar-refractivity contribution < 1.29 is 38.1 Å². The maximum absolute atomic E-state index is 12.0. The fraction of sp³-hybridized carbons (Fsp3) is 0.105. The lowest BCUT2D eigenvalue weighted by atomic mass is 10.2. The first-order chi connectivity index (χ1) is 14.3. The SMILES string of the molecule is O=C(OCc1cc(=O)c(O)co1)c1ccc(C(=O)OCc2cc(=O)c(O)co2)nc1. The van der Waals surface area contributed by atoms with Gasteiger partial charge in [0.15, 0.2) is 11.5 Å². The smallest absolute Gasteiger partial charge is 0.357 e. The maximum atomic E-state index is 12.0. The maximum Gasteiger partial charge on any atom is 0.357 e. The largest absolute Gasteiger partial charge is 0.502 e.